The number of hydrogen-bond donors (Lipinski definition) is 1. The standard InChI is InChI=1S/C20H34N4OS.HI/c1-4-21-19(24-10-8-20(15-24)9-11-25-16-20)22-13-18(23(5-2)6-3)17-7-12-26-14-17;/h7,12,14,18H,4-6,8-11,13,15-16H2,1-3H3,(H,21,22);1H. The van der Waals surface area contributed by atoms with Crippen LogP contribution in [0.5, 0.6) is 0 Å². The second-order valence-electron chi connectivity index (χ2n) is 7.46. The highest BCUT2D eigenvalue weighted by Gasteiger charge is 2.42. The SMILES string of the molecule is CCNC(=NCC(c1ccsc1)N(CC)CC)N1CCC2(CCOC2)C1.I. The van der Waals surface area contributed by atoms with E-state index in [9.17, 15) is 0 Å². The molecule has 3 rings (SSSR count). The van der Waals surface area contributed by atoms with Crippen LogP contribution in [0.25, 0.3) is 0 Å². The predicted octanol–water partition coefficient (Wildman–Crippen LogP) is 3.83. The zero-order valence-electron chi connectivity index (χ0n) is 16.9. The molecule has 0 amide bonds. The molecule has 0 aliphatic carbocycles. The first kappa shape index (κ1) is 22.9. The topological polar surface area (TPSA) is 40.1 Å². The Hall–Kier alpha value is -0.380. The number of guanidine groups is 1. The Morgan fingerprint density at radius 3 is 2.78 bits per heavy atom. The van der Waals surface area contributed by atoms with E-state index in [1.807, 2.05) is 0 Å². The van der Waals surface area contributed by atoms with Gasteiger partial charge >= 0.3 is 0 Å². The molecule has 0 aromatic carbocycles. The fraction of sp³-hybridized carbons (Fsp3) is 0.750. The Morgan fingerprint density at radius 1 is 1.37 bits per heavy atom. The Morgan fingerprint density at radius 2 is 2.19 bits per heavy atom. The molecule has 1 N–H and O–H groups in total. The Kier molecular flexibility index (Phi) is 9.31. The van der Waals surface area contributed by atoms with E-state index in [4.69, 9.17) is 9.73 Å². The molecule has 2 aliphatic heterocycles. The van der Waals surface area contributed by atoms with Gasteiger partial charge in [0.05, 0.1) is 19.2 Å². The fourth-order valence-electron chi connectivity index (χ4n) is 4.25. The van der Waals surface area contributed by atoms with Crippen LogP contribution in [0.4, 0.5) is 0 Å². The van der Waals surface area contributed by atoms with Crippen molar-refractivity contribution in [1.82, 2.24) is 15.1 Å². The maximum absolute atomic E-state index is 5.69. The van der Waals surface area contributed by atoms with Crippen LogP contribution in [-0.4, -0.2) is 68.2 Å². The van der Waals surface area contributed by atoms with Crippen LogP contribution in [0, 0.1) is 5.41 Å². The number of rotatable bonds is 7. The summed E-state index contributed by atoms with van der Waals surface area (Å²) in [6.07, 6.45) is 2.42. The first-order valence-electron chi connectivity index (χ1n) is 10.1. The van der Waals surface area contributed by atoms with E-state index in [0.29, 0.717) is 11.5 Å². The lowest BCUT2D eigenvalue weighted by molar-refractivity contribution is 0.156. The molecule has 0 bridgehead atoms. The van der Waals surface area contributed by atoms with Crippen molar-refractivity contribution < 1.29 is 4.74 Å². The zero-order chi connectivity index (χ0) is 18.4. The van der Waals surface area contributed by atoms with Crippen LogP contribution >= 0.6 is 35.3 Å². The molecule has 27 heavy (non-hydrogen) atoms. The van der Waals surface area contributed by atoms with E-state index in [1.54, 1.807) is 11.3 Å². The van der Waals surface area contributed by atoms with Gasteiger partial charge in [0, 0.05) is 31.7 Å². The van der Waals surface area contributed by atoms with E-state index in [0.717, 1.165) is 58.4 Å². The Balaban J connectivity index is 0.00000261. The molecule has 2 atom stereocenters. The van der Waals surface area contributed by atoms with E-state index >= 15 is 0 Å². The van der Waals surface area contributed by atoms with Crippen LogP contribution in [0.15, 0.2) is 21.8 Å². The number of thiophene rings is 1. The summed E-state index contributed by atoms with van der Waals surface area (Å²) < 4.78 is 5.69. The van der Waals surface area contributed by atoms with Gasteiger partial charge in [-0.05, 0) is 55.2 Å². The van der Waals surface area contributed by atoms with Crippen molar-refractivity contribution in [1.29, 1.82) is 0 Å². The summed E-state index contributed by atoms with van der Waals surface area (Å²) in [6, 6.07) is 2.60. The monoisotopic (exact) mass is 506 g/mol. The summed E-state index contributed by atoms with van der Waals surface area (Å²) >= 11 is 1.77. The van der Waals surface area contributed by atoms with Crippen molar-refractivity contribution in [3.05, 3.63) is 22.4 Å². The number of hydrogen-bond acceptors (Lipinski definition) is 4. The highest BCUT2D eigenvalue weighted by molar-refractivity contribution is 14.0. The third-order valence-electron chi connectivity index (χ3n) is 5.85. The van der Waals surface area contributed by atoms with Gasteiger partial charge in [-0.15, -0.1) is 24.0 Å². The molecular weight excluding hydrogens is 471 g/mol. The minimum atomic E-state index is 0. The Labute approximate surface area is 185 Å². The lowest BCUT2D eigenvalue weighted by atomic mass is 9.87. The van der Waals surface area contributed by atoms with Crippen LogP contribution in [-0.2, 0) is 4.74 Å². The van der Waals surface area contributed by atoms with Crippen LogP contribution < -0.4 is 5.32 Å². The van der Waals surface area contributed by atoms with Gasteiger partial charge in [0.15, 0.2) is 5.96 Å². The highest BCUT2D eigenvalue weighted by atomic mass is 127. The van der Waals surface area contributed by atoms with Crippen molar-refractivity contribution in [3.63, 3.8) is 0 Å². The third-order valence-corrected chi connectivity index (χ3v) is 6.55. The molecule has 0 radical (unpaired) electrons. The summed E-state index contributed by atoms with van der Waals surface area (Å²) in [7, 11) is 0. The molecular formula is C20H35IN4OS. The molecule has 5 nitrogen and oxygen atoms in total. The molecule has 2 aliphatic rings. The number of nitrogens with one attached hydrogen (secondary N) is 1. The summed E-state index contributed by atoms with van der Waals surface area (Å²) in [5.41, 5.74) is 1.75. The molecule has 154 valence electrons. The second kappa shape index (κ2) is 11.0. The summed E-state index contributed by atoms with van der Waals surface area (Å²) in [4.78, 5) is 10.0. The molecule has 2 saturated heterocycles. The average Bonchev–Trinajstić information content (AvgIpc) is 3.41. The largest absolute Gasteiger partial charge is 0.381 e. The summed E-state index contributed by atoms with van der Waals surface area (Å²) in [5.74, 6) is 1.07. The highest BCUT2D eigenvalue weighted by Crippen LogP contribution is 2.38. The number of nitrogens with zero attached hydrogens (tertiary/aromatic N) is 3. The van der Waals surface area contributed by atoms with Crippen LogP contribution in [0.1, 0.15) is 45.2 Å². The quantitative estimate of drug-likeness (QED) is 0.347. The molecule has 1 spiro atoms. The second-order valence-corrected chi connectivity index (χ2v) is 8.24. The molecule has 0 saturated carbocycles. The van der Waals surface area contributed by atoms with E-state index < -0.39 is 0 Å². The molecule has 1 aromatic heterocycles. The van der Waals surface area contributed by atoms with Crippen molar-refractivity contribution in [2.75, 3.05) is 52.5 Å². The predicted molar refractivity (Wildman–Crippen MR) is 125 cm³/mol. The minimum Gasteiger partial charge on any atom is -0.381 e. The summed E-state index contributed by atoms with van der Waals surface area (Å²) in [5, 5.41) is 7.97. The van der Waals surface area contributed by atoms with E-state index in [-0.39, 0.29) is 24.0 Å². The lowest BCUT2D eigenvalue weighted by Gasteiger charge is -2.29. The van der Waals surface area contributed by atoms with Crippen molar-refractivity contribution in [3.8, 4) is 0 Å². The molecule has 7 heteroatoms. The molecule has 2 fully saturated rings. The lowest BCUT2D eigenvalue weighted by Crippen LogP contribution is -2.42. The number of ether oxygens (including phenoxy) is 1. The Bertz CT molecular complexity index is 571. The third kappa shape index (κ3) is 5.58. The molecule has 2 unspecified atom stereocenters. The van der Waals surface area contributed by atoms with Gasteiger partial charge in [-0.25, -0.2) is 0 Å². The van der Waals surface area contributed by atoms with Gasteiger partial charge in [-0.1, -0.05) is 13.8 Å². The first-order valence-corrected chi connectivity index (χ1v) is 11.0. The molecule has 3 heterocycles. The minimum absolute atomic E-state index is 0. The van der Waals surface area contributed by atoms with Gasteiger partial charge in [-0.3, -0.25) is 9.89 Å². The van der Waals surface area contributed by atoms with Gasteiger partial charge in [0.1, 0.15) is 0 Å². The van der Waals surface area contributed by atoms with Crippen molar-refractivity contribution in [2.45, 2.75) is 39.7 Å². The zero-order valence-corrected chi connectivity index (χ0v) is 20.1. The van der Waals surface area contributed by atoms with Gasteiger partial charge < -0.3 is 15.0 Å². The number of likely N-dealkylation sites (tertiary alicyclic amines) is 1. The van der Waals surface area contributed by atoms with Crippen LogP contribution in [0.3, 0.4) is 0 Å². The smallest absolute Gasteiger partial charge is 0.194 e. The number of halogens is 1. The average molecular weight is 506 g/mol. The first-order chi connectivity index (χ1) is 12.7. The summed E-state index contributed by atoms with van der Waals surface area (Å²) in [6.45, 7) is 14.4. The molecule has 1 aromatic rings. The van der Waals surface area contributed by atoms with Gasteiger partial charge in [-0.2, -0.15) is 11.3 Å². The van der Waals surface area contributed by atoms with Crippen molar-refractivity contribution >= 4 is 41.3 Å². The maximum Gasteiger partial charge on any atom is 0.194 e. The van der Waals surface area contributed by atoms with Crippen LogP contribution in [0.2, 0.25) is 0 Å². The fourth-order valence-corrected chi connectivity index (χ4v) is 4.95. The van der Waals surface area contributed by atoms with E-state index in [1.165, 1.54) is 18.4 Å². The van der Waals surface area contributed by atoms with Crippen molar-refractivity contribution in [2.24, 2.45) is 10.4 Å². The van der Waals surface area contributed by atoms with E-state index in [2.05, 4.69) is 52.7 Å². The van der Waals surface area contributed by atoms with Gasteiger partial charge in [0.2, 0.25) is 0 Å². The number of likely N-dealkylation sites (N-methyl/N-ethyl adjacent to an activating group) is 1. The number of aliphatic imine (C=N–C) groups is 1. The van der Waals surface area contributed by atoms with Gasteiger partial charge in [0.25, 0.3) is 0 Å². The normalized spacial score (nSPS) is 23.9. The maximum atomic E-state index is 5.69.